The molecule has 0 unspecified atom stereocenters. The number of carbonyl (C=O) groups is 3. The van der Waals surface area contributed by atoms with Crippen LogP contribution < -0.4 is 19.9 Å². The van der Waals surface area contributed by atoms with Crippen LogP contribution in [0.15, 0.2) is 84.9 Å². The molecule has 5 aliphatic heterocycles. The number of phenols is 1. The largest absolute Gasteiger partial charge is 0.508 e. The van der Waals surface area contributed by atoms with E-state index in [1.807, 2.05) is 24.3 Å². The van der Waals surface area contributed by atoms with Crippen molar-refractivity contribution in [3.63, 3.8) is 0 Å². The Labute approximate surface area is 333 Å². The number of ether oxygens (including phenoxy) is 2. The van der Waals surface area contributed by atoms with Crippen LogP contribution in [-0.2, 0) is 27.3 Å². The molecule has 11 nitrogen and oxygen atoms in total. The molecule has 6 aliphatic rings. The fraction of sp³-hybridized carbons (Fsp3) is 0.413. The molecule has 10 rings (SSSR count). The van der Waals surface area contributed by atoms with E-state index in [-0.39, 0.29) is 36.3 Å². The minimum atomic E-state index is -0.638. The second kappa shape index (κ2) is 14.8. The highest BCUT2D eigenvalue weighted by atomic mass is 16.5. The minimum Gasteiger partial charge on any atom is -0.508 e. The summed E-state index contributed by atoms with van der Waals surface area (Å²) in [7, 11) is 0. The van der Waals surface area contributed by atoms with Crippen LogP contribution in [0.4, 0.5) is 11.4 Å². The standard InChI is InChI=1S/C46H49N5O6/c52-34-12-14-37-31(23-34)9-13-36(29-5-2-1-3-6-29)43(37)30-7-10-32(11-8-30)49-25-35(26-49)56-22-4-19-48-20-21-50-33(24-48)28-57-44-39-27-51(41-17-18-42(53)47-45(41)54)46(55)38(39)15-16-40(44)50/h1-3,5-8,10-12,14-16,23,33,35-36,41,43,52H,4,9,13,17-22,24-28H2,(H,47,53,54)/t33-,36-,41+,43+/m1/s1. The van der Waals surface area contributed by atoms with E-state index in [1.165, 1.54) is 27.9 Å². The number of aryl methyl sites for hydroxylation is 1. The predicted octanol–water partition coefficient (Wildman–Crippen LogP) is 5.19. The molecule has 4 aromatic carbocycles. The molecule has 3 fully saturated rings. The SMILES string of the molecule is O=C1CC[C@H](N2Cc3c(ccc4c3OC[C@H]3CN(CCCOC5CN(c6ccc([C@@H]7c8ccc(O)cc8CC[C@@H]7c7ccccc7)cc6)C5)CCN43)C2=O)C(=O)N1. The van der Waals surface area contributed by atoms with Gasteiger partial charge in [-0.25, -0.2) is 0 Å². The van der Waals surface area contributed by atoms with Gasteiger partial charge in [0.15, 0.2) is 0 Å². The number of hydrogen-bond donors (Lipinski definition) is 2. The summed E-state index contributed by atoms with van der Waals surface area (Å²) in [6.07, 6.45) is 3.82. The summed E-state index contributed by atoms with van der Waals surface area (Å²) in [5, 5.41) is 12.6. The van der Waals surface area contributed by atoms with Gasteiger partial charge in [-0.3, -0.25) is 24.6 Å². The quantitative estimate of drug-likeness (QED) is 0.176. The van der Waals surface area contributed by atoms with Crippen LogP contribution >= 0.6 is 0 Å². The van der Waals surface area contributed by atoms with Crippen LogP contribution in [0.1, 0.15) is 75.7 Å². The number of piperazine rings is 1. The maximum Gasteiger partial charge on any atom is 0.255 e. The van der Waals surface area contributed by atoms with Crippen molar-refractivity contribution in [2.75, 3.05) is 62.3 Å². The zero-order chi connectivity index (χ0) is 38.6. The van der Waals surface area contributed by atoms with Gasteiger partial charge in [-0.15, -0.1) is 0 Å². The third kappa shape index (κ3) is 6.70. The molecule has 0 radical (unpaired) electrons. The van der Waals surface area contributed by atoms with Crippen molar-refractivity contribution in [1.29, 1.82) is 0 Å². The maximum atomic E-state index is 13.3. The highest BCUT2D eigenvalue weighted by Crippen LogP contribution is 2.48. The van der Waals surface area contributed by atoms with Gasteiger partial charge in [0.05, 0.1) is 24.4 Å². The lowest BCUT2D eigenvalue weighted by molar-refractivity contribution is -0.136. The molecule has 4 aromatic rings. The van der Waals surface area contributed by atoms with Gasteiger partial charge in [-0.05, 0) is 90.3 Å². The van der Waals surface area contributed by atoms with E-state index in [9.17, 15) is 19.5 Å². The molecule has 2 N–H and O–H groups in total. The Bertz CT molecular complexity index is 2190. The number of carbonyl (C=O) groups excluding carboxylic acids is 3. The smallest absolute Gasteiger partial charge is 0.255 e. The maximum absolute atomic E-state index is 13.3. The highest BCUT2D eigenvalue weighted by molar-refractivity contribution is 6.06. The zero-order valence-electron chi connectivity index (χ0n) is 32.1. The number of fused-ring (bicyclic) bond motifs is 6. The molecule has 294 valence electrons. The lowest BCUT2D eigenvalue weighted by Crippen LogP contribution is -2.57. The average molecular weight is 768 g/mol. The first kappa shape index (κ1) is 36.0. The van der Waals surface area contributed by atoms with E-state index >= 15 is 0 Å². The van der Waals surface area contributed by atoms with E-state index in [0.29, 0.717) is 36.8 Å². The topological polar surface area (TPSA) is 115 Å². The molecule has 4 atom stereocenters. The van der Waals surface area contributed by atoms with Crippen molar-refractivity contribution < 1.29 is 29.0 Å². The predicted molar refractivity (Wildman–Crippen MR) is 216 cm³/mol. The van der Waals surface area contributed by atoms with Crippen LogP contribution in [0.2, 0.25) is 0 Å². The molecule has 0 saturated carbocycles. The van der Waals surface area contributed by atoms with Gasteiger partial charge in [0.25, 0.3) is 5.91 Å². The molecule has 0 bridgehead atoms. The molecular weight excluding hydrogens is 719 g/mol. The normalized spacial score (nSPS) is 24.6. The Kier molecular flexibility index (Phi) is 9.37. The van der Waals surface area contributed by atoms with Gasteiger partial charge in [0.2, 0.25) is 11.8 Å². The summed E-state index contributed by atoms with van der Waals surface area (Å²) < 4.78 is 12.7. The van der Waals surface area contributed by atoms with Crippen molar-refractivity contribution in [2.24, 2.45) is 0 Å². The third-order valence-corrected chi connectivity index (χ3v) is 13.2. The molecule has 0 spiro atoms. The number of anilines is 2. The van der Waals surface area contributed by atoms with Gasteiger partial charge in [-0.1, -0.05) is 48.5 Å². The molecule has 1 aliphatic carbocycles. The van der Waals surface area contributed by atoms with Crippen molar-refractivity contribution in [1.82, 2.24) is 15.1 Å². The van der Waals surface area contributed by atoms with Crippen LogP contribution in [0.25, 0.3) is 0 Å². The van der Waals surface area contributed by atoms with Crippen molar-refractivity contribution in [2.45, 2.75) is 68.7 Å². The number of aromatic hydroxyl groups is 1. The number of benzene rings is 4. The molecule has 57 heavy (non-hydrogen) atoms. The average Bonchev–Trinajstić information content (AvgIpc) is 3.55. The number of phenolic OH excluding ortho intramolecular Hbond substituents is 1. The molecule has 3 amide bonds. The van der Waals surface area contributed by atoms with Gasteiger partial charge < -0.3 is 29.3 Å². The van der Waals surface area contributed by atoms with Crippen molar-refractivity contribution in [3.05, 3.63) is 118 Å². The molecular formula is C46H49N5O6. The highest BCUT2D eigenvalue weighted by Gasteiger charge is 2.43. The molecule has 0 aromatic heterocycles. The van der Waals surface area contributed by atoms with Gasteiger partial charge in [0, 0.05) is 75.0 Å². The zero-order valence-corrected chi connectivity index (χ0v) is 32.1. The lowest BCUT2D eigenvalue weighted by atomic mass is 9.69. The monoisotopic (exact) mass is 767 g/mol. The second-order valence-corrected chi connectivity index (χ2v) is 16.6. The van der Waals surface area contributed by atoms with Gasteiger partial charge >= 0.3 is 0 Å². The first-order valence-corrected chi connectivity index (χ1v) is 20.6. The number of nitrogens with zero attached hydrogens (tertiary/aromatic N) is 4. The van der Waals surface area contributed by atoms with E-state index in [4.69, 9.17) is 9.47 Å². The number of imide groups is 1. The summed E-state index contributed by atoms with van der Waals surface area (Å²) in [6.45, 7) is 7.11. The molecule has 3 saturated heterocycles. The van der Waals surface area contributed by atoms with E-state index in [0.717, 1.165) is 82.1 Å². The summed E-state index contributed by atoms with van der Waals surface area (Å²) >= 11 is 0. The van der Waals surface area contributed by atoms with Crippen molar-refractivity contribution in [3.8, 4) is 11.5 Å². The summed E-state index contributed by atoms with van der Waals surface area (Å²) in [5.74, 6) is 0.874. The first-order valence-electron chi connectivity index (χ1n) is 20.6. The Morgan fingerprint density at radius 1 is 0.842 bits per heavy atom. The Balaban J connectivity index is 0.696. The van der Waals surface area contributed by atoms with Crippen LogP contribution in [0.5, 0.6) is 11.5 Å². The van der Waals surface area contributed by atoms with Crippen molar-refractivity contribution >= 4 is 29.1 Å². The van der Waals surface area contributed by atoms with E-state index in [2.05, 4.69) is 80.7 Å². The van der Waals surface area contributed by atoms with E-state index in [1.54, 1.807) is 4.90 Å². The number of rotatable bonds is 9. The summed E-state index contributed by atoms with van der Waals surface area (Å²) in [4.78, 5) is 46.5. The lowest BCUT2D eigenvalue weighted by Gasteiger charge is -2.46. The molecule has 5 heterocycles. The van der Waals surface area contributed by atoms with Gasteiger partial charge in [-0.2, -0.15) is 0 Å². The Morgan fingerprint density at radius 3 is 2.51 bits per heavy atom. The number of nitrogens with one attached hydrogen (secondary N) is 1. The number of amides is 3. The minimum absolute atomic E-state index is 0.175. The summed E-state index contributed by atoms with van der Waals surface area (Å²) in [5.41, 5.74) is 8.94. The fourth-order valence-corrected chi connectivity index (χ4v) is 10.2. The van der Waals surface area contributed by atoms with Crippen LogP contribution in [0.3, 0.4) is 0 Å². The van der Waals surface area contributed by atoms with Crippen LogP contribution in [-0.4, -0.2) is 103 Å². The number of piperidine rings is 1. The third-order valence-electron chi connectivity index (χ3n) is 13.2. The Morgan fingerprint density at radius 2 is 1.68 bits per heavy atom. The first-order chi connectivity index (χ1) is 27.9. The van der Waals surface area contributed by atoms with E-state index < -0.39 is 11.9 Å². The molecule has 11 heteroatoms. The second-order valence-electron chi connectivity index (χ2n) is 16.6. The summed E-state index contributed by atoms with van der Waals surface area (Å²) in [6, 6.07) is 29.3. The van der Waals surface area contributed by atoms with Gasteiger partial charge in [0.1, 0.15) is 24.1 Å². The van der Waals surface area contributed by atoms with Crippen LogP contribution in [0, 0.1) is 0 Å². The Hall–Kier alpha value is -5.39. The number of hydrogen-bond acceptors (Lipinski definition) is 9. The fourth-order valence-electron chi connectivity index (χ4n) is 10.2.